The lowest BCUT2D eigenvalue weighted by Crippen LogP contribution is -2.48. The molecule has 1 aliphatic heterocycles. The van der Waals surface area contributed by atoms with Gasteiger partial charge < -0.3 is 9.80 Å². The molecule has 0 N–H and O–H groups in total. The number of amidine groups is 1. The molecule has 0 unspecified atom stereocenters. The Morgan fingerprint density at radius 1 is 1.12 bits per heavy atom. The minimum Gasteiger partial charge on any atom is -0.368 e. The molecule has 0 aromatic heterocycles. The maximum atomic E-state index is 12.8. The molecule has 1 heterocycles. The lowest BCUT2D eigenvalue weighted by atomic mass is 10.2. The first-order valence-corrected chi connectivity index (χ1v) is 5.89. The van der Waals surface area contributed by atoms with Crippen molar-refractivity contribution in [3.63, 3.8) is 0 Å². The van der Waals surface area contributed by atoms with Crippen LogP contribution in [0.15, 0.2) is 29.3 Å². The third-order valence-electron chi connectivity index (χ3n) is 3.25. The van der Waals surface area contributed by atoms with Crippen LogP contribution in [0.5, 0.6) is 0 Å². The lowest BCUT2D eigenvalue weighted by molar-refractivity contribution is 0.383. The van der Waals surface area contributed by atoms with Crippen LogP contribution in [0, 0.1) is 5.82 Å². The number of anilines is 1. The van der Waals surface area contributed by atoms with Crippen LogP contribution >= 0.6 is 0 Å². The zero-order chi connectivity index (χ0) is 12.3. The molecule has 0 atom stereocenters. The van der Waals surface area contributed by atoms with E-state index in [2.05, 4.69) is 14.8 Å². The van der Waals surface area contributed by atoms with Crippen molar-refractivity contribution in [2.45, 2.75) is 6.92 Å². The van der Waals surface area contributed by atoms with Gasteiger partial charge in [-0.15, -0.1) is 0 Å². The van der Waals surface area contributed by atoms with Crippen molar-refractivity contribution < 1.29 is 4.39 Å². The highest BCUT2D eigenvalue weighted by Gasteiger charge is 2.17. The Kier molecular flexibility index (Phi) is 3.61. The van der Waals surface area contributed by atoms with E-state index in [9.17, 15) is 4.39 Å². The maximum Gasteiger partial charge on any atom is 0.123 e. The number of benzene rings is 1. The van der Waals surface area contributed by atoms with Crippen LogP contribution in [0.3, 0.4) is 0 Å². The van der Waals surface area contributed by atoms with Gasteiger partial charge in [0.2, 0.25) is 0 Å². The van der Waals surface area contributed by atoms with E-state index in [0.717, 1.165) is 37.7 Å². The Labute approximate surface area is 102 Å². The molecule has 0 bridgehead atoms. The molecular weight excluding hydrogens is 217 g/mol. The summed E-state index contributed by atoms with van der Waals surface area (Å²) in [5, 5.41) is 0. The molecule has 1 aliphatic rings. The monoisotopic (exact) mass is 235 g/mol. The fourth-order valence-corrected chi connectivity index (χ4v) is 2.08. The second-order valence-corrected chi connectivity index (χ2v) is 4.22. The molecule has 1 saturated heterocycles. The predicted octanol–water partition coefficient (Wildman–Crippen LogP) is 2.00. The highest BCUT2D eigenvalue weighted by molar-refractivity contribution is 5.79. The van der Waals surface area contributed by atoms with E-state index in [1.54, 1.807) is 0 Å². The largest absolute Gasteiger partial charge is 0.368 e. The van der Waals surface area contributed by atoms with E-state index in [4.69, 9.17) is 0 Å². The quantitative estimate of drug-likeness (QED) is 0.547. The number of halogens is 1. The van der Waals surface area contributed by atoms with Crippen LogP contribution in [0.25, 0.3) is 0 Å². The zero-order valence-electron chi connectivity index (χ0n) is 10.4. The first kappa shape index (κ1) is 11.9. The Balaban J connectivity index is 1.97. The molecular formula is C13H18FN3. The summed E-state index contributed by atoms with van der Waals surface area (Å²) < 4.78 is 12.8. The van der Waals surface area contributed by atoms with E-state index in [1.807, 2.05) is 26.1 Å². The van der Waals surface area contributed by atoms with E-state index >= 15 is 0 Å². The Morgan fingerprint density at radius 3 is 2.24 bits per heavy atom. The van der Waals surface area contributed by atoms with E-state index in [1.165, 1.54) is 12.1 Å². The highest BCUT2D eigenvalue weighted by atomic mass is 19.1. The van der Waals surface area contributed by atoms with Crippen LogP contribution in [-0.2, 0) is 0 Å². The van der Waals surface area contributed by atoms with Crippen LogP contribution in [0.2, 0.25) is 0 Å². The average molecular weight is 235 g/mol. The summed E-state index contributed by atoms with van der Waals surface area (Å²) >= 11 is 0. The molecule has 2 rings (SSSR count). The first-order valence-electron chi connectivity index (χ1n) is 5.89. The predicted molar refractivity (Wildman–Crippen MR) is 69.2 cm³/mol. The second kappa shape index (κ2) is 5.17. The molecule has 0 aliphatic carbocycles. The van der Waals surface area contributed by atoms with Crippen molar-refractivity contribution in [3.05, 3.63) is 30.1 Å². The Morgan fingerprint density at radius 2 is 1.71 bits per heavy atom. The second-order valence-electron chi connectivity index (χ2n) is 4.22. The summed E-state index contributed by atoms with van der Waals surface area (Å²) in [7, 11) is 1.82. The molecule has 1 aromatic rings. The van der Waals surface area contributed by atoms with E-state index in [0.29, 0.717) is 0 Å². The van der Waals surface area contributed by atoms with Crippen LogP contribution in [0.4, 0.5) is 10.1 Å². The number of aliphatic imine (C=N–C) groups is 1. The maximum absolute atomic E-state index is 12.8. The third kappa shape index (κ3) is 2.75. The third-order valence-corrected chi connectivity index (χ3v) is 3.25. The molecule has 4 heteroatoms. The van der Waals surface area contributed by atoms with Gasteiger partial charge in [-0.05, 0) is 31.2 Å². The summed E-state index contributed by atoms with van der Waals surface area (Å²) in [5.41, 5.74) is 1.09. The van der Waals surface area contributed by atoms with Crippen molar-refractivity contribution in [1.82, 2.24) is 4.90 Å². The van der Waals surface area contributed by atoms with Gasteiger partial charge in [0, 0.05) is 38.9 Å². The van der Waals surface area contributed by atoms with Gasteiger partial charge in [-0.1, -0.05) is 0 Å². The number of rotatable bonds is 1. The lowest BCUT2D eigenvalue weighted by Gasteiger charge is -2.37. The number of hydrogen-bond donors (Lipinski definition) is 0. The number of hydrogen-bond acceptors (Lipinski definition) is 2. The van der Waals surface area contributed by atoms with Gasteiger partial charge in [0.25, 0.3) is 0 Å². The summed E-state index contributed by atoms with van der Waals surface area (Å²) in [6.45, 7) is 5.89. The fraction of sp³-hybridized carbons (Fsp3) is 0.462. The number of piperazine rings is 1. The summed E-state index contributed by atoms with van der Waals surface area (Å²) in [6, 6.07) is 6.71. The first-order chi connectivity index (χ1) is 8.20. The molecule has 3 nitrogen and oxygen atoms in total. The molecule has 0 spiro atoms. The van der Waals surface area contributed by atoms with Crippen molar-refractivity contribution in [2.75, 3.05) is 38.1 Å². The topological polar surface area (TPSA) is 18.8 Å². The smallest absolute Gasteiger partial charge is 0.123 e. The minimum atomic E-state index is -0.179. The summed E-state index contributed by atoms with van der Waals surface area (Å²) in [4.78, 5) is 8.75. The van der Waals surface area contributed by atoms with Crippen LogP contribution in [0.1, 0.15) is 6.92 Å². The van der Waals surface area contributed by atoms with E-state index < -0.39 is 0 Å². The van der Waals surface area contributed by atoms with Crippen LogP contribution in [-0.4, -0.2) is 44.0 Å². The van der Waals surface area contributed by atoms with Crippen molar-refractivity contribution in [1.29, 1.82) is 0 Å². The van der Waals surface area contributed by atoms with Crippen molar-refractivity contribution in [3.8, 4) is 0 Å². The molecule has 92 valence electrons. The Hall–Kier alpha value is -1.58. The van der Waals surface area contributed by atoms with Gasteiger partial charge in [-0.25, -0.2) is 4.39 Å². The Bertz CT molecular complexity index is 392. The molecule has 0 amide bonds. The summed E-state index contributed by atoms with van der Waals surface area (Å²) in [6.07, 6.45) is 0. The van der Waals surface area contributed by atoms with Crippen LogP contribution < -0.4 is 4.90 Å². The standard InChI is InChI=1S/C13H18FN3/c1-11(15-2)16-7-9-17(10-8-16)13-5-3-12(14)4-6-13/h3-6H,7-10H2,1-2H3/b15-11+. The van der Waals surface area contributed by atoms with Gasteiger partial charge in [-0.2, -0.15) is 0 Å². The zero-order valence-corrected chi connectivity index (χ0v) is 10.4. The number of nitrogens with zero attached hydrogens (tertiary/aromatic N) is 3. The molecule has 1 fully saturated rings. The highest BCUT2D eigenvalue weighted by Crippen LogP contribution is 2.16. The molecule has 0 saturated carbocycles. The van der Waals surface area contributed by atoms with Gasteiger partial charge >= 0.3 is 0 Å². The van der Waals surface area contributed by atoms with Gasteiger partial charge in [0.15, 0.2) is 0 Å². The van der Waals surface area contributed by atoms with E-state index in [-0.39, 0.29) is 5.82 Å². The molecule has 1 aromatic carbocycles. The minimum absolute atomic E-state index is 0.179. The summed E-state index contributed by atoms with van der Waals surface area (Å²) in [5.74, 6) is 0.908. The fourth-order valence-electron chi connectivity index (χ4n) is 2.08. The SMILES string of the molecule is C/N=C(\C)N1CCN(c2ccc(F)cc2)CC1. The van der Waals surface area contributed by atoms with Crippen molar-refractivity contribution in [2.24, 2.45) is 4.99 Å². The average Bonchev–Trinajstić information content (AvgIpc) is 2.39. The van der Waals surface area contributed by atoms with Gasteiger partial charge in [-0.3, -0.25) is 4.99 Å². The normalized spacial score (nSPS) is 17.5. The molecule has 0 radical (unpaired) electrons. The molecule has 17 heavy (non-hydrogen) atoms. The van der Waals surface area contributed by atoms with Gasteiger partial charge in [0.05, 0.1) is 5.84 Å². The van der Waals surface area contributed by atoms with Crippen molar-refractivity contribution >= 4 is 11.5 Å². The van der Waals surface area contributed by atoms with Gasteiger partial charge in [0.1, 0.15) is 5.82 Å².